The van der Waals surface area contributed by atoms with E-state index < -0.39 is 0 Å². The number of hydrogen-bond donors (Lipinski definition) is 0. The number of aromatic nitrogens is 3. The first kappa shape index (κ1) is 23.1. The maximum atomic E-state index is 13.2. The summed E-state index contributed by atoms with van der Waals surface area (Å²) in [4.78, 5) is 14.8. The molecule has 0 unspecified atom stereocenters. The van der Waals surface area contributed by atoms with E-state index in [0.29, 0.717) is 12.2 Å². The van der Waals surface area contributed by atoms with Crippen molar-refractivity contribution in [3.05, 3.63) is 132 Å². The third-order valence-electron chi connectivity index (χ3n) is 6.02. The molecule has 0 fully saturated rings. The molecular weight excluding hydrogens is 452 g/mol. The highest BCUT2D eigenvalue weighted by atomic mass is 16.5. The van der Waals surface area contributed by atoms with Crippen molar-refractivity contribution in [2.75, 3.05) is 14.2 Å². The van der Waals surface area contributed by atoms with Gasteiger partial charge in [-0.1, -0.05) is 71.9 Å². The Morgan fingerprint density at radius 3 is 2.33 bits per heavy atom. The summed E-state index contributed by atoms with van der Waals surface area (Å²) in [5, 5.41) is 8.72. The fourth-order valence-electron chi connectivity index (χ4n) is 4.22. The van der Waals surface area contributed by atoms with Crippen molar-refractivity contribution < 1.29 is 14.1 Å². The first-order valence-corrected chi connectivity index (χ1v) is 11.6. The van der Waals surface area contributed by atoms with E-state index in [1.54, 1.807) is 36.0 Å². The Morgan fingerprint density at radius 1 is 0.972 bits per heavy atom. The van der Waals surface area contributed by atoms with Crippen LogP contribution in [0.5, 0.6) is 5.75 Å². The number of ether oxygens (including phenoxy) is 1. The van der Waals surface area contributed by atoms with Crippen LogP contribution in [0.3, 0.4) is 0 Å². The molecule has 0 N–H and O–H groups in total. The Labute approximate surface area is 209 Å². The SMILES string of the molecule is COc1cccc(-n2cc(CN(C)C(=O)c3cc(C(c4ccccc4)c4ccccc4)no3)cn2)c1. The fraction of sp³-hybridized carbons (Fsp3) is 0.138. The molecule has 0 aliphatic heterocycles. The van der Waals surface area contributed by atoms with Gasteiger partial charge < -0.3 is 14.2 Å². The van der Waals surface area contributed by atoms with Crippen LogP contribution in [-0.2, 0) is 6.54 Å². The van der Waals surface area contributed by atoms with Gasteiger partial charge in [0.1, 0.15) is 5.75 Å². The number of benzene rings is 3. The van der Waals surface area contributed by atoms with E-state index in [1.807, 2.05) is 66.9 Å². The third-order valence-corrected chi connectivity index (χ3v) is 6.02. The van der Waals surface area contributed by atoms with Crippen LogP contribution in [0.15, 0.2) is 108 Å². The number of methoxy groups -OCH3 is 1. The lowest BCUT2D eigenvalue weighted by Crippen LogP contribution is -2.25. The highest BCUT2D eigenvalue weighted by molar-refractivity contribution is 5.91. The molecule has 180 valence electrons. The Balaban J connectivity index is 1.34. The molecule has 3 aromatic carbocycles. The number of hydrogen-bond acceptors (Lipinski definition) is 5. The van der Waals surface area contributed by atoms with Crippen molar-refractivity contribution in [2.24, 2.45) is 0 Å². The summed E-state index contributed by atoms with van der Waals surface area (Å²) in [7, 11) is 3.37. The van der Waals surface area contributed by atoms with E-state index >= 15 is 0 Å². The number of rotatable bonds is 8. The summed E-state index contributed by atoms with van der Waals surface area (Å²) in [5.74, 6) is 0.568. The Kier molecular flexibility index (Phi) is 6.62. The molecule has 2 aromatic heterocycles. The van der Waals surface area contributed by atoms with Gasteiger partial charge >= 0.3 is 0 Å². The predicted octanol–water partition coefficient (Wildman–Crippen LogP) is 5.32. The maximum absolute atomic E-state index is 13.2. The second-order valence-corrected chi connectivity index (χ2v) is 8.53. The lowest BCUT2D eigenvalue weighted by Gasteiger charge is -2.15. The predicted molar refractivity (Wildman–Crippen MR) is 136 cm³/mol. The molecule has 0 saturated heterocycles. The van der Waals surface area contributed by atoms with Crippen LogP contribution in [0.2, 0.25) is 0 Å². The van der Waals surface area contributed by atoms with E-state index in [4.69, 9.17) is 9.26 Å². The monoisotopic (exact) mass is 478 g/mol. The Bertz CT molecular complexity index is 1400. The second kappa shape index (κ2) is 10.3. The van der Waals surface area contributed by atoms with Crippen molar-refractivity contribution in [1.82, 2.24) is 19.8 Å². The average Bonchev–Trinajstić information content (AvgIpc) is 3.60. The van der Waals surface area contributed by atoms with Crippen molar-refractivity contribution in [2.45, 2.75) is 12.5 Å². The molecule has 0 spiro atoms. The number of amides is 1. The third kappa shape index (κ3) is 4.90. The zero-order chi connectivity index (χ0) is 24.9. The zero-order valence-corrected chi connectivity index (χ0v) is 20.1. The smallest absolute Gasteiger partial charge is 0.292 e. The summed E-state index contributed by atoms with van der Waals surface area (Å²) in [6, 6.07) is 29.5. The lowest BCUT2D eigenvalue weighted by atomic mass is 9.88. The van der Waals surface area contributed by atoms with E-state index in [-0.39, 0.29) is 17.6 Å². The largest absolute Gasteiger partial charge is 0.497 e. The standard InChI is InChI=1S/C29H26N4O3/c1-32(19-21-18-30-33(20-21)24-14-9-15-25(16-24)35-2)29(34)27-17-26(31-36-27)28(22-10-5-3-6-11-22)23-12-7-4-8-13-23/h3-18,20,28H,19H2,1-2H3. The molecule has 0 atom stereocenters. The highest BCUT2D eigenvalue weighted by Gasteiger charge is 2.24. The van der Waals surface area contributed by atoms with Crippen LogP contribution in [0.1, 0.15) is 38.9 Å². The Morgan fingerprint density at radius 2 is 1.67 bits per heavy atom. The summed E-state index contributed by atoms with van der Waals surface area (Å²) >= 11 is 0. The van der Waals surface area contributed by atoms with Crippen LogP contribution < -0.4 is 4.74 Å². The summed E-state index contributed by atoms with van der Waals surface area (Å²) in [6.45, 7) is 0.375. The van der Waals surface area contributed by atoms with Gasteiger partial charge in [0, 0.05) is 37.5 Å². The molecular formula is C29H26N4O3. The molecule has 5 rings (SSSR count). The van der Waals surface area contributed by atoms with Gasteiger partial charge in [0.15, 0.2) is 0 Å². The van der Waals surface area contributed by atoms with E-state index in [2.05, 4.69) is 34.5 Å². The summed E-state index contributed by atoms with van der Waals surface area (Å²) in [6.07, 6.45) is 3.64. The number of carbonyl (C=O) groups excluding carboxylic acids is 1. The molecule has 5 aromatic rings. The average molecular weight is 479 g/mol. The van der Waals surface area contributed by atoms with Crippen LogP contribution in [0.25, 0.3) is 5.69 Å². The van der Waals surface area contributed by atoms with Gasteiger partial charge in [-0.2, -0.15) is 5.10 Å². The molecule has 7 heteroatoms. The minimum absolute atomic E-state index is 0.135. The lowest BCUT2D eigenvalue weighted by molar-refractivity contribution is 0.0743. The topological polar surface area (TPSA) is 73.4 Å². The van der Waals surface area contributed by atoms with Crippen LogP contribution >= 0.6 is 0 Å². The molecule has 2 heterocycles. The van der Waals surface area contributed by atoms with Crippen LogP contribution in [0.4, 0.5) is 0 Å². The Hall–Kier alpha value is -4.65. The molecule has 0 bridgehead atoms. The normalized spacial score (nSPS) is 11.0. The second-order valence-electron chi connectivity index (χ2n) is 8.53. The van der Waals surface area contributed by atoms with Gasteiger partial charge in [0.2, 0.25) is 5.76 Å². The maximum Gasteiger partial charge on any atom is 0.292 e. The molecule has 0 aliphatic carbocycles. The first-order valence-electron chi connectivity index (χ1n) is 11.6. The molecule has 0 aliphatic rings. The first-order chi connectivity index (χ1) is 17.6. The van der Waals surface area contributed by atoms with Gasteiger partial charge in [-0.25, -0.2) is 4.68 Å². The highest BCUT2D eigenvalue weighted by Crippen LogP contribution is 2.31. The van der Waals surface area contributed by atoms with Crippen molar-refractivity contribution in [3.63, 3.8) is 0 Å². The van der Waals surface area contributed by atoms with Crippen LogP contribution in [0, 0.1) is 0 Å². The molecule has 36 heavy (non-hydrogen) atoms. The van der Waals surface area contributed by atoms with Gasteiger partial charge in [-0.15, -0.1) is 0 Å². The van der Waals surface area contributed by atoms with E-state index in [9.17, 15) is 4.79 Å². The molecule has 1 amide bonds. The van der Waals surface area contributed by atoms with E-state index in [1.165, 1.54) is 0 Å². The van der Waals surface area contributed by atoms with Crippen LogP contribution in [-0.4, -0.2) is 39.9 Å². The van der Waals surface area contributed by atoms with Crippen molar-refractivity contribution in [1.29, 1.82) is 0 Å². The quantitative estimate of drug-likeness (QED) is 0.302. The van der Waals surface area contributed by atoms with Gasteiger partial charge in [0.05, 0.1) is 30.6 Å². The zero-order valence-electron chi connectivity index (χ0n) is 20.1. The fourth-order valence-corrected chi connectivity index (χ4v) is 4.22. The number of nitrogens with zero attached hydrogens (tertiary/aromatic N) is 4. The van der Waals surface area contributed by atoms with Gasteiger partial charge in [-0.3, -0.25) is 4.79 Å². The minimum Gasteiger partial charge on any atom is -0.497 e. The van der Waals surface area contributed by atoms with Crippen molar-refractivity contribution in [3.8, 4) is 11.4 Å². The molecule has 0 saturated carbocycles. The molecule has 7 nitrogen and oxygen atoms in total. The van der Waals surface area contributed by atoms with Gasteiger partial charge in [0.25, 0.3) is 5.91 Å². The number of carbonyl (C=O) groups is 1. The van der Waals surface area contributed by atoms with Crippen molar-refractivity contribution >= 4 is 5.91 Å². The molecule has 0 radical (unpaired) electrons. The van der Waals surface area contributed by atoms with Gasteiger partial charge in [-0.05, 0) is 23.3 Å². The van der Waals surface area contributed by atoms with E-state index in [0.717, 1.165) is 28.1 Å². The summed E-state index contributed by atoms with van der Waals surface area (Å²) < 4.78 is 12.6. The summed E-state index contributed by atoms with van der Waals surface area (Å²) in [5.41, 5.74) is 4.61. The minimum atomic E-state index is -0.247.